The first-order chi connectivity index (χ1) is 14.0. The quantitative estimate of drug-likeness (QED) is 0.794. The first-order valence-corrected chi connectivity index (χ1v) is 12.5. The Kier molecular flexibility index (Phi) is 6.27. The molecule has 2 aliphatic heterocycles. The van der Waals surface area contributed by atoms with Gasteiger partial charge in [0.2, 0.25) is 10.0 Å². The van der Waals surface area contributed by atoms with E-state index in [1.54, 1.807) is 12.1 Å². The molecule has 160 valence electrons. The second-order valence-electron chi connectivity index (χ2n) is 8.79. The number of likely N-dealkylation sites (tertiary alicyclic amines) is 1. The Morgan fingerprint density at radius 1 is 1.10 bits per heavy atom. The van der Waals surface area contributed by atoms with E-state index in [1.165, 1.54) is 31.4 Å². The largest absolute Gasteiger partial charge is 0.377 e. The first kappa shape index (κ1) is 20.8. The summed E-state index contributed by atoms with van der Waals surface area (Å²) in [5.74, 6) is 1.31. The summed E-state index contributed by atoms with van der Waals surface area (Å²) in [6, 6.07) is 6.71. The minimum absolute atomic E-state index is 0.0325. The number of hydrogen-bond donors (Lipinski definition) is 1. The van der Waals surface area contributed by atoms with Gasteiger partial charge in [0.25, 0.3) is 5.91 Å². The zero-order valence-electron chi connectivity index (χ0n) is 17.2. The normalized spacial score (nSPS) is 30.2. The van der Waals surface area contributed by atoms with Crippen molar-refractivity contribution in [2.24, 2.45) is 11.8 Å². The molecular formula is C22H32N2O4S. The van der Waals surface area contributed by atoms with Crippen LogP contribution in [0.4, 0.5) is 0 Å². The number of nitrogens with zero attached hydrogens (tertiary/aromatic N) is 1. The Morgan fingerprint density at radius 3 is 2.59 bits per heavy atom. The molecule has 2 saturated heterocycles. The molecule has 1 aliphatic carbocycles. The molecule has 4 rings (SSSR count). The molecule has 0 bridgehead atoms. The van der Waals surface area contributed by atoms with Crippen LogP contribution in [0.15, 0.2) is 29.2 Å². The van der Waals surface area contributed by atoms with Crippen LogP contribution in [0.2, 0.25) is 0 Å². The van der Waals surface area contributed by atoms with E-state index in [2.05, 4.69) is 11.6 Å². The van der Waals surface area contributed by atoms with Gasteiger partial charge >= 0.3 is 0 Å². The van der Waals surface area contributed by atoms with Gasteiger partial charge in [0.1, 0.15) is 0 Å². The average Bonchev–Trinajstić information content (AvgIpc) is 3.26. The summed E-state index contributed by atoms with van der Waals surface area (Å²) in [6.45, 7) is 4.09. The minimum Gasteiger partial charge on any atom is -0.377 e. The Labute approximate surface area is 174 Å². The highest BCUT2D eigenvalue weighted by atomic mass is 32.2. The predicted octanol–water partition coefficient (Wildman–Crippen LogP) is 3.18. The van der Waals surface area contributed by atoms with E-state index in [9.17, 15) is 13.2 Å². The molecule has 1 aromatic rings. The van der Waals surface area contributed by atoms with Gasteiger partial charge in [0.15, 0.2) is 0 Å². The summed E-state index contributed by atoms with van der Waals surface area (Å²) in [5, 5.41) is 0. The molecule has 6 nitrogen and oxygen atoms in total. The molecule has 1 N–H and O–H groups in total. The highest BCUT2D eigenvalue weighted by Crippen LogP contribution is 2.39. The maximum atomic E-state index is 13.2. The molecule has 3 fully saturated rings. The van der Waals surface area contributed by atoms with Crippen molar-refractivity contribution in [3.05, 3.63) is 29.8 Å². The fourth-order valence-electron chi connectivity index (χ4n) is 5.20. The van der Waals surface area contributed by atoms with Gasteiger partial charge in [-0.3, -0.25) is 4.79 Å². The topological polar surface area (TPSA) is 75.7 Å². The van der Waals surface area contributed by atoms with Crippen molar-refractivity contribution in [2.75, 3.05) is 19.7 Å². The number of carbonyl (C=O) groups is 1. The van der Waals surface area contributed by atoms with E-state index in [0.29, 0.717) is 30.0 Å². The van der Waals surface area contributed by atoms with Crippen LogP contribution >= 0.6 is 0 Å². The third-order valence-electron chi connectivity index (χ3n) is 6.94. The fraction of sp³-hybridized carbons (Fsp3) is 0.682. The molecule has 0 spiro atoms. The van der Waals surface area contributed by atoms with E-state index in [4.69, 9.17) is 4.74 Å². The first-order valence-electron chi connectivity index (χ1n) is 11.0. The third kappa shape index (κ3) is 4.52. The molecule has 1 aromatic carbocycles. The van der Waals surface area contributed by atoms with Crippen molar-refractivity contribution in [2.45, 2.75) is 68.9 Å². The van der Waals surface area contributed by atoms with Gasteiger partial charge in [-0.25, -0.2) is 13.1 Å². The lowest BCUT2D eigenvalue weighted by Crippen LogP contribution is -2.52. The Hall–Kier alpha value is -1.44. The molecule has 1 amide bonds. The van der Waals surface area contributed by atoms with Crippen molar-refractivity contribution in [3.8, 4) is 0 Å². The zero-order chi connectivity index (χ0) is 20.4. The van der Waals surface area contributed by atoms with E-state index in [1.807, 2.05) is 4.90 Å². The van der Waals surface area contributed by atoms with Crippen molar-refractivity contribution < 1.29 is 17.9 Å². The van der Waals surface area contributed by atoms with Crippen LogP contribution in [-0.2, 0) is 14.8 Å². The van der Waals surface area contributed by atoms with Gasteiger partial charge in [0, 0.05) is 31.3 Å². The lowest BCUT2D eigenvalue weighted by molar-refractivity contribution is 0.0217. The molecular weight excluding hydrogens is 388 g/mol. The van der Waals surface area contributed by atoms with Crippen LogP contribution in [0.3, 0.4) is 0 Å². The van der Waals surface area contributed by atoms with Crippen LogP contribution in [0.5, 0.6) is 0 Å². The molecule has 4 atom stereocenters. The molecule has 1 saturated carbocycles. The number of benzene rings is 1. The second kappa shape index (κ2) is 8.74. The van der Waals surface area contributed by atoms with Crippen LogP contribution in [0, 0.1) is 11.8 Å². The second-order valence-corrected chi connectivity index (χ2v) is 10.6. The zero-order valence-corrected chi connectivity index (χ0v) is 18.0. The van der Waals surface area contributed by atoms with Gasteiger partial charge in [-0.05, 0) is 68.2 Å². The lowest BCUT2D eigenvalue weighted by Gasteiger charge is -2.47. The van der Waals surface area contributed by atoms with Crippen molar-refractivity contribution >= 4 is 15.9 Å². The summed E-state index contributed by atoms with van der Waals surface area (Å²) in [6.07, 6.45) is 7.60. The number of piperidine rings is 1. The number of hydrogen-bond acceptors (Lipinski definition) is 4. The van der Waals surface area contributed by atoms with Crippen LogP contribution in [0.1, 0.15) is 62.2 Å². The van der Waals surface area contributed by atoms with E-state index < -0.39 is 10.0 Å². The SMILES string of the molecule is C[C@@H]1CCN(C(=O)c2ccc(S(=O)(=O)NC[C@@H]3CCCO3)cc2)[C@H]2CCCC[C@H]12. The summed E-state index contributed by atoms with van der Waals surface area (Å²) in [4.78, 5) is 15.4. The van der Waals surface area contributed by atoms with Gasteiger partial charge < -0.3 is 9.64 Å². The monoisotopic (exact) mass is 420 g/mol. The highest BCUT2D eigenvalue weighted by Gasteiger charge is 2.39. The summed E-state index contributed by atoms with van der Waals surface area (Å²) >= 11 is 0. The smallest absolute Gasteiger partial charge is 0.254 e. The number of ether oxygens (including phenoxy) is 1. The number of amides is 1. The number of rotatable bonds is 5. The average molecular weight is 421 g/mol. The Morgan fingerprint density at radius 2 is 1.86 bits per heavy atom. The maximum absolute atomic E-state index is 13.2. The Bertz CT molecular complexity index is 818. The standard InChI is InChI=1S/C22H32N2O4S/c1-16-12-13-24(21-7-3-2-6-20(16)21)22(25)17-8-10-19(11-9-17)29(26,27)23-15-18-5-4-14-28-18/h8-11,16,18,20-21,23H,2-7,12-15H2,1H3/t16-,18+,20-,21+/m1/s1. The third-order valence-corrected chi connectivity index (χ3v) is 8.38. The number of nitrogens with one attached hydrogen (secondary N) is 1. The van der Waals surface area contributed by atoms with Gasteiger partial charge in [0.05, 0.1) is 11.0 Å². The molecule has 0 radical (unpaired) electrons. The summed E-state index contributed by atoms with van der Waals surface area (Å²) in [7, 11) is -3.60. The van der Waals surface area contributed by atoms with Crippen molar-refractivity contribution in [1.82, 2.24) is 9.62 Å². The van der Waals surface area contributed by atoms with E-state index >= 15 is 0 Å². The van der Waals surface area contributed by atoms with Gasteiger partial charge in [-0.1, -0.05) is 19.8 Å². The highest BCUT2D eigenvalue weighted by molar-refractivity contribution is 7.89. The molecule has 0 aromatic heterocycles. The Balaban J connectivity index is 1.43. The van der Waals surface area contributed by atoms with Gasteiger partial charge in [-0.2, -0.15) is 0 Å². The van der Waals surface area contributed by atoms with Gasteiger partial charge in [-0.15, -0.1) is 0 Å². The van der Waals surface area contributed by atoms with Crippen LogP contribution in [-0.4, -0.2) is 51.1 Å². The van der Waals surface area contributed by atoms with E-state index in [-0.39, 0.29) is 23.5 Å². The van der Waals surface area contributed by atoms with E-state index in [0.717, 1.165) is 32.2 Å². The summed E-state index contributed by atoms with van der Waals surface area (Å²) in [5.41, 5.74) is 0.571. The van der Waals surface area contributed by atoms with Crippen LogP contribution in [0.25, 0.3) is 0 Å². The fourth-order valence-corrected chi connectivity index (χ4v) is 6.27. The number of fused-ring (bicyclic) bond motifs is 1. The molecule has 3 aliphatic rings. The lowest BCUT2D eigenvalue weighted by atomic mass is 9.72. The summed E-state index contributed by atoms with van der Waals surface area (Å²) < 4.78 is 33.2. The molecule has 29 heavy (non-hydrogen) atoms. The molecule has 2 heterocycles. The molecule has 7 heteroatoms. The minimum atomic E-state index is -3.60. The number of sulfonamides is 1. The molecule has 0 unspecified atom stereocenters. The maximum Gasteiger partial charge on any atom is 0.254 e. The van der Waals surface area contributed by atoms with Crippen LogP contribution < -0.4 is 4.72 Å². The van der Waals surface area contributed by atoms with Crippen molar-refractivity contribution in [1.29, 1.82) is 0 Å². The van der Waals surface area contributed by atoms with Crippen molar-refractivity contribution in [3.63, 3.8) is 0 Å². The predicted molar refractivity (Wildman–Crippen MR) is 111 cm³/mol. The number of carbonyl (C=O) groups excluding carboxylic acids is 1.